The lowest BCUT2D eigenvalue weighted by atomic mass is 10.1. The number of hydrogen-bond acceptors (Lipinski definition) is 5. The van der Waals surface area contributed by atoms with Crippen molar-refractivity contribution in [3.05, 3.63) is 46.7 Å². The Labute approximate surface area is 147 Å². The molecule has 1 aliphatic rings. The van der Waals surface area contributed by atoms with Gasteiger partial charge in [-0.2, -0.15) is 0 Å². The molecule has 1 aromatic heterocycles. The smallest absolute Gasteiger partial charge is 0.263 e. The first kappa shape index (κ1) is 16.2. The Morgan fingerprint density at radius 2 is 1.88 bits per heavy atom. The van der Waals surface area contributed by atoms with Gasteiger partial charge in [0.2, 0.25) is 0 Å². The van der Waals surface area contributed by atoms with E-state index in [1.807, 2.05) is 0 Å². The molecule has 0 atom stereocenters. The normalized spacial score (nSPS) is 14.2. The first-order valence-corrected chi connectivity index (χ1v) is 7.58. The molecule has 24 heavy (non-hydrogen) atoms. The van der Waals surface area contributed by atoms with Gasteiger partial charge in [0.05, 0.1) is 12.1 Å². The Balaban J connectivity index is 1.89. The molecule has 8 heteroatoms. The summed E-state index contributed by atoms with van der Waals surface area (Å²) < 4.78 is 10.8. The number of nitrogens with one attached hydrogen (secondary N) is 2. The molecule has 3 rings (SSSR count). The van der Waals surface area contributed by atoms with Gasteiger partial charge in [0.25, 0.3) is 11.8 Å². The zero-order valence-electron chi connectivity index (χ0n) is 12.4. The number of methoxy groups -OCH3 is 1. The van der Waals surface area contributed by atoms with E-state index in [4.69, 9.17) is 33.0 Å². The van der Waals surface area contributed by atoms with E-state index < -0.39 is 11.8 Å². The standard InChI is InChI=1S/C16H11ClN2O4S/c1-22-13-4-2-8(6-11(13)17)12-5-3-9(23-12)7-10-14(20)18-16(24)19-15(10)21/h2-7H,1H3,(H2,18,19,20,21,24). The van der Waals surface area contributed by atoms with E-state index in [-0.39, 0.29) is 10.7 Å². The Kier molecular flexibility index (Phi) is 4.37. The number of rotatable bonds is 3. The Morgan fingerprint density at radius 1 is 1.17 bits per heavy atom. The highest BCUT2D eigenvalue weighted by molar-refractivity contribution is 7.80. The molecule has 2 amide bonds. The van der Waals surface area contributed by atoms with Crippen LogP contribution in [0.15, 0.2) is 40.3 Å². The quantitative estimate of drug-likeness (QED) is 0.498. The fourth-order valence-electron chi connectivity index (χ4n) is 2.15. The average Bonchev–Trinajstić information content (AvgIpc) is 2.99. The van der Waals surface area contributed by atoms with Gasteiger partial charge in [0, 0.05) is 5.56 Å². The fraction of sp³-hybridized carbons (Fsp3) is 0.0625. The highest BCUT2D eigenvalue weighted by atomic mass is 35.5. The monoisotopic (exact) mass is 362 g/mol. The molecule has 2 heterocycles. The highest BCUT2D eigenvalue weighted by Crippen LogP contribution is 2.31. The number of halogens is 1. The maximum Gasteiger partial charge on any atom is 0.263 e. The number of ether oxygens (including phenoxy) is 1. The van der Waals surface area contributed by atoms with Crippen molar-refractivity contribution >= 4 is 46.8 Å². The summed E-state index contributed by atoms with van der Waals surface area (Å²) in [7, 11) is 1.53. The second kappa shape index (κ2) is 6.46. The molecule has 0 bridgehead atoms. The van der Waals surface area contributed by atoms with Gasteiger partial charge in [-0.15, -0.1) is 0 Å². The molecule has 1 fully saturated rings. The second-order valence-corrected chi connectivity index (χ2v) is 5.66. The minimum Gasteiger partial charge on any atom is -0.495 e. The van der Waals surface area contributed by atoms with Crippen LogP contribution in [0.5, 0.6) is 5.75 Å². The Hall–Kier alpha value is -2.64. The molecule has 0 unspecified atom stereocenters. The summed E-state index contributed by atoms with van der Waals surface area (Å²) in [4.78, 5) is 23.6. The lowest BCUT2D eigenvalue weighted by molar-refractivity contribution is -0.123. The minimum atomic E-state index is -0.575. The molecule has 1 aromatic carbocycles. The van der Waals surface area contributed by atoms with E-state index in [0.29, 0.717) is 22.3 Å². The van der Waals surface area contributed by atoms with Crippen molar-refractivity contribution in [3.63, 3.8) is 0 Å². The lowest BCUT2D eigenvalue weighted by Crippen LogP contribution is -2.51. The zero-order valence-corrected chi connectivity index (χ0v) is 14.0. The molecule has 2 aromatic rings. The summed E-state index contributed by atoms with van der Waals surface area (Å²) in [5.74, 6) is 0.299. The number of amides is 2. The third-order valence-electron chi connectivity index (χ3n) is 3.29. The third kappa shape index (κ3) is 3.17. The van der Waals surface area contributed by atoms with E-state index in [9.17, 15) is 9.59 Å². The van der Waals surface area contributed by atoms with E-state index in [1.165, 1.54) is 13.2 Å². The van der Waals surface area contributed by atoms with E-state index >= 15 is 0 Å². The maximum absolute atomic E-state index is 11.8. The van der Waals surface area contributed by atoms with Crippen LogP contribution < -0.4 is 15.4 Å². The summed E-state index contributed by atoms with van der Waals surface area (Å²) in [5.41, 5.74) is 0.654. The van der Waals surface area contributed by atoms with Crippen molar-refractivity contribution in [2.24, 2.45) is 0 Å². The predicted octanol–water partition coefficient (Wildman–Crippen LogP) is 2.52. The van der Waals surface area contributed by atoms with Crippen LogP contribution >= 0.6 is 23.8 Å². The molecule has 2 N–H and O–H groups in total. The molecule has 1 aliphatic heterocycles. The summed E-state index contributed by atoms with van der Waals surface area (Å²) in [5, 5.41) is 5.15. The fourth-order valence-corrected chi connectivity index (χ4v) is 2.60. The third-order valence-corrected chi connectivity index (χ3v) is 3.79. The van der Waals surface area contributed by atoms with Crippen LogP contribution in [0.3, 0.4) is 0 Å². The van der Waals surface area contributed by atoms with E-state index in [2.05, 4.69) is 10.6 Å². The van der Waals surface area contributed by atoms with Crippen LogP contribution in [0.1, 0.15) is 5.76 Å². The second-order valence-electron chi connectivity index (χ2n) is 4.85. The van der Waals surface area contributed by atoms with Crippen molar-refractivity contribution < 1.29 is 18.7 Å². The number of carbonyl (C=O) groups excluding carboxylic acids is 2. The SMILES string of the molecule is COc1ccc(-c2ccc(C=C3C(=O)NC(=S)NC3=O)o2)cc1Cl. The van der Waals surface area contributed by atoms with Gasteiger partial charge in [-0.1, -0.05) is 11.6 Å². The van der Waals surface area contributed by atoms with Gasteiger partial charge >= 0.3 is 0 Å². The average molecular weight is 363 g/mol. The van der Waals surface area contributed by atoms with Gasteiger partial charge in [0.1, 0.15) is 22.8 Å². The molecule has 122 valence electrons. The summed E-state index contributed by atoms with van der Waals surface area (Å²) in [6, 6.07) is 8.58. The van der Waals surface area contributed by atoms with Crippen LogP contribution in [0.4, 0.5) is 0 Å². The van der Waals surface area contributed by atoms with Crippen LogP contribution in [-0.2, 0) is 9.59 Å². The molecular formula is C16H11ClN2O4S. The van der Waals surface area contributed by atoms with Gasteiger partial charge in [-0.25, -0.2) is 0 Å². The molecule has 0 radical (unpaired) electrons. The van der Waals surface area contributed by atoms with Gasteiger partial charge < -0.3 is 9.15 Å². The number of hydrogen-bond donors (Lipinski definition) is 2. The largest absolute Gasteiger partial charge is 0.495 e. The topological polar surface area (TPSA) is 80.6 Å². The number of benzene rings is 1. The lowest BCUT2D eigenvalue weighted by Gasteiger charge is -2.15. The number of thiocarbonyl (C=S) groups is 1. The summed E-state index contributed by atoms with van der Waals surface area (Å²) >= 11 is 10.8. The molecule has 0 spiro atoms. The van der Waals surface area contributed by atoms with Crippen molar-refractivity contribution in [1.29, 1.82) is 0 Å². The Bertz CT molecular complexity index is 866. The van der Waals surface area contributed by atoms with Crippen LogP contribution in [0.2, 0.25) is 5.02 Å². The first-order chi connectivity index (χ1) is 11.5. The van der Waals surface area contributed by atoms with Gasteiger partial charge in [-0.05, 0) is 48.6 Å². The van der Waals surface area contributed by atoms with Crippen LogP contribution in [0.25, 0.3) is 17.4 Å². The maximum atomic E-state index is 11.8. The van der Waals surface area contributed by atoms with Gasteiger partial charge in [-0.3, -0.25) is 20.2 Å². The summed E-state index contributed by atoms with van der Waals surface area (Å²) in [6.07, 6.45) is 1.35. The highest BCUT2D eigenvalue weighted by Gasteiger charge is 2.26. The molecule has 0 aliphatic carbocycles. The number of furan rings is 1. The zero-order chi connectivity index (χ0) is 17.3. The predicted molar refractivity (Wildman–Crippen MR) is 92.6 cm³/mol. The van der Waals surface area contributed by atoms with Crippen molar-refractivity contribution in [1.82, 2.24) is 10.6 Å². The number of carbonyl (C=O) groups is 2. The van der Waals surface area contributed by atoms with Crippen LogP contribution in [0, 0.1) is 0 Å². The summed E-state index contributed by atoms with van der Waals surface area (Å²) in [6.45, 7) is 0. The van der Waals surface area contributed by atoms with Crippen LogP contribution in [-0.4, -0.2) is 24.0 Å². The van der Waals surface area contributed by atoms with Crippen molar-refractivity contribution in [2.45, 2.75) is 0 Å². The van der Waals surface area contributed by atoms with E-state index in [1.54, 1.807) is 30.3 Å². The molecule has 6 nitrogen and oxygen atoms in total. The van der Waals surface area contributed by atoms with Gasteiger partial charge in [0.15, 0.2) is 5.11 Å². The minimum absolute atomic E-state index is 0.0184. The molecule has 1 saturated heterocycles. The molecule has 0 saturated carbocycles. The van der Waals surface area contributed by atoms with E-state index in [0.717, 1.165) is 5.56 Å². The van der Waals surface area contributed by atoms with Crippen molar-refractivity contribution in [3.8, 4) is 17.1 Å². The Morgan fingerprint density at radius 3 is 2.50 bits per heavy atom. The molecular weight excluding hydrogens is 352 g/mol. The van der Waals surface area contributed by atoms with Crippen molar-refractivity contribution in [2.75, 3.05) is 7.11 Å². The first-order valence-electron chi connectivity index (χ1n) is 6.80.